The Hall–Kier alpha value is 0.220. The molecule has 0 nitrogen and oxygen atoms in total. The maximum atomic E-state index is 13.6. The van der Waals surface area contributed by atoms with E-state index in [-0.39, 0.29) is 5.56 Å². The topological polar surface area (TPSA) is 0 Å². The summed E-state index contributed by atoms with van der Waals surface area (Å²) in [6.45, 7) is 0. The van der Waals surface area contributed by atoms with E-state index in [1.807, 2.05) is 6.07 Å². The first-order valence-corrected chi connectivity index (χ1v) is 7.85. The van der Waals surface area contributed by atoms with Crippen LogP contribution < -0.4 is 0 Å². The van der Waals surface area contributed by atoms with E-state index in [4.69, 9.17) is 0 Å². The molecule has 1 atom stereocenters. The van der Waals surface area contributed by atoms with Crippen molar-refractivity contribution in [3.63, 3.8) is 0 Å². The van der Waals surface area contributed by atoms with Crippen LogP contribution in [-0.4, -0.2) is 0 Å². The summed E-state index contributed by atoms with van der Waals surface area (Å²) < 4.78 is 29.0. The quantitative estimate of drug-likeness (QED) is 0.494. The second-order valence-corrected chi connectivity index (χ2v) is 7.44. The van der Waals surface area contributed by atoms with Crippen LogP contribution in [0.15, 0.2) is 32.5 Å². The molecule has 0 N–H and O–H groups in total. The number of hydrogen-bond acceptors (Lipinski definition) is 1. The number of halogens is 5. The van der Waals surface area contributed by atoms with Gasteiger partial charge in [0.05, 0.1) is 8.61 Å². The molecule has 0 radical (unpaired) electrons. The average molecular weight is 447 g/mol. The molecule has 1 aromatic carbocycles. The van der Waals surface area contributed by atoms with Crippen LogP contribution in [-0.2, 0) is 0 Å². The molecule has 1 aromatic heterocycles. The van der Waals surface area contributed by atoms with Gasteiger partial charge in [-0.3, -0.25) is 0 Å². The Balaban J connectivity index is 2.47. The zero-order valence-electron chi connectivity index (χ0n) is 8.18. The first-order valence-electron chi connectivity index (χ1n) is 4.53. The van der Waals surface area contributed by atoms with Gasteiger partial charge < -0.3 is 0 Å². The van der Waals surface area contributed by atoms with E-state index in [1.54, 1.807) is 0 Å². The maximum absolute atomic E-state index is 13.6. The molecule has 0 aliphatic rings. The van der Waals surface area contributed by atoms with Gasteiger partial charge in [0.2, 0.25) is 0 Å². The predicted molar refractivity (Wildman–Crippen MR) is 76.8 cm³/mol. The highest BCUT2D eigenvalue weighted by atomic mass is 79.9. The molecule has 2 aromatic rings. The van der Waals surface area contributed by atoms with E-state index in [9.17, 15) is 8.78 Å². The van der Waals surface area contributed by atoms with Gasteiger partial charge in [-0.15, -0.1) is 11.3 Å². The van der Waals surface area contributed by atoms with Crippen LogP contribution in [0.5, 0.6) is 0 Å². The van der Waals surface area contributed by atoms with Gasteiger partial charge in [-0.05, 0) is 50.1 Å². The molecule has 0 saturated carbocycles. The molecule has 6 heteroatoms. The van der Waals surface area contributed by atoms with Crippen molar-refractivity contribution in [2.75, 3.05) is 0 Å². The molecule has 0 aliphatic heterocycles. The number of hydrogen-bond donors (Lipinski definition) is 0. The monoisotopic (exact) mass is 444 g/mol. The van der Waals surface area contributed by atoms with Crippen molar-refractivity contribution in [2.45, 2.75) is 4.83 Å². The Morgan fingerprint density at radius 1 is 1.12 bits per heavy atom. The highest BCUT2D eigenvalue weighted by Gasteiger charge is 2.21. The van der Waals surface area contributed by atoms with Gasteiger partial charge in [0.1, 0.15) is 11.6 Å². The standard InChI is InChI=1S/C11H5Br3F2S/c12-5-4-8(17-11(5)14)10(13)9-6(15)2-1-3-7(9)16/h1-4,10H. The van der Waals surface area contributed by atoms with E-state index in [2.05, 4.69) is 47.8 Å². The van der Waals surface area contributed by atoms with Crippen LogP contribution in [0.2, 0.25) is 0 Å². The van der Waals surface area contributed by atoms with E-state index >= 15 is 0 Å². The van der Waals surface area contributed by atoms with E-state index < -0.39 is 16.5 Å². The largest absolute Gasteiger partial charge is 0.207 e. The molecule has 1 unspecified atom stereocenters. The molecule has 0 bridgehead atoms. The molecule has 90 valence electrons. The summed E-state index contributed by atoms with van der Waals surface area (Å²) in [5, 5.41) is 0. The van der Waals surface area contributed by atoms with Gasteiger partial charge in [0, 0.05) is 14.9 Å². The summed E-state index contributed by atoms with van der Waals surface area (Å²) in [6, 6.07) is 5.70. The smallest absolute Gasteiger partial charge is 0.130 e. The zero-order valence-corrected chi connectivity index (χ0v) is 13.8. The summed E-state index contributed by atoms with van der Waals surface area (Å²) in [5.41, 5.74) is 0.0359. The normalized spacial score (nSPS) is 12.8. The first kappa shape index (κ1) is 13.6. The molecule has 17 heavy (non-hydrogen) atoms. The summed E-state index contributed by atoms with van der Waals surface area (Å²) in [6.07, 6.45) is 0. The molecular formula is C11H5Br3F2S. The molecule has 0 aliphatic carbocycles. The van der Waals surface area contributed by atoms with Crippen LogP contribution in [0.1, 0.15) is 15.3 Å². The zero-order chi connectivity index (χ0) is 12.6. The summed E-state index contributed by atoms with van der Waals surface area (Å²) >= 11 is 11.5. The Morgan fingerprint density at radius 3 is 2.18 bits per heavy atom. The summed E-state index contributed by atoms with van der Waals surface area (Å²) in [4.78, 5) is 0.337. The highest BCUT2D eigenvalue weighted by molar-refractivity contribution is 9.13. The van der Waals surface area contributed by atoms with Gasteiger partial charge in [-0.25, -0.2) is 8.78 Å². The van der Waals surface area contributed by atoms with Crippen molar-refractivity contribution >= 4 is 59.1 Å². The Morgan fingerprint density at radius 2 is 1.71 bits per heavy atom. The van der Waals surface area contributed by atoms with Crippen LogP contribution in [0.25, 0.3) is 0 Å². The fourth-order valence-corrected chi connectivity index (χ4v) is 4.31. The Bertz CT molecular complexity index is 514. The molecule has 0 amide bonds. The number of rotatable bonds is 2. The SMILES string of the molecule is Fc1cccc(F)c1C(Br)c1cc(Br)c(Br)s1. The molecule has 1 heterocycles. The van der Waals surface area contributed by atoms with Gasteiger partial charge in [-0.2, -0.15) is 0 Å². The van der Waals surface area contributed by atoms with Crippen LogP contribution in [0.3, 0.4) is 0 Å². The van der Waals surface area contributed by atoms with Crippen molar-refractivity contribution in [3.05, 3.63) is 54.6 Å². The summed E-state index contributed by atoms with van der Waals surface area (Å²) in [5.74, 6) is -1.10. The minimum Gasteiger partial charge on any atom is -0.207 e. The molecule has 0 saturated heterocycles. The van der Waals surface area contributed by atoms with E-state index in [0.717, 1.165) is 13.1 Å². The summed E-state index contributed by atoms with van der Waals surface area (Å²) in [7, 11) is 0. The fraction of sp³-hybridized carbons (Fsp3) is 0.0909. The Kier molecular flexibility index (Phi) is 4.39. The van der Waals surface area contributed by atoms with Gasteiger partial charge in [0.25, 0.3) is 0 Å². The predicted octanol–water partition coefficient (Wildman–Crippen LogP) is 6.04. The number of thiophene rings is 1. The van der Waals surface area contributed by atoms with Crippen molar-refractivity contribution in [2.24, 2.45) is 0 Å². The fourth-order valence-electron chi connectivity index (χ4n) is 1.38. The van der Waals surface area contributed by atoms with Crippen LogP contribution in [0.4, 0.5) is 8.78 Å². The minimum atomic E-state index is -0.549. The van der Waals surface area contributed by atoms with Crippen molar-refractivity contribution in [1.82, 2.24) is 0 Å². The third kappa shape index (κ3) is 2.80. The highest BCUT2D eigenvalue weighted by Crippen LogP contribution is 2.42. The lowest BCUT2D eigenvalue weighted by atomic mass is 10.1. The van der Waals surface area contributed by atoms with Crippen LogP contribution >= 0.6 is 59.1 Å². The third-order valence-corrected chi connectivity index (χ3v) is 6.74. The maximum Gasteiger partial charge on any atom is 0.130 e. The van der Waals surface area contributed by atoms with E-state index in [0.29, 0.717) is 0 Å². The third-order valence-electron chi connectivity index (χ3n) is 2.17. The second kappa shape index (κ2) is 5.47. The average Bonchev–Trinajstić information content (AvgIpc) is 2.59. The Labute approximate surface area is 126 Å². The van der Waals surface area contributed by atoms with Crippen molar-refractivity contribution < 1.29 is 8.78 Å². The number of alkyl halides is 1. The van der Waals surface area contributed by atoms with Crippen LogP contribution in [0, 0.1) is 11.6 Å². The van der Waals surface area contributed by atoms with Crippen molar-refractivity contribution in [3.8, 4) is 0 Å². The second-order valence-electron chi connectivity index (χ2n) is 3.27. The lowest BCUT2D eigenvalue weighted by Gasteiger charge is -2.10. The molecule has 2 rings (SSSR count). The molecule has 0 fully saturated rings. The van der Waals surface area contributed by atoms with Gasteiger partial charge in [-0.1, -0.05) is 22.0 Å². The van der Waals surface area contributed by atoms with Gasteiger partial charge in [0.15, 0.2) is 0 Å². The van der Waals surface area contributed by atoms with Gasteiger partial charge >= 0.3 is 0 Å². The van der Waals surface area contributed by atoms with E-state index in [1.165, 1.54) is 29.5 Å². The lowest BCUT2D eigenvalue weighted by Crippen LogP contribution is -1.98. The lowest BCUT2D eigenvalue weighted by molar-refractivity contribution is 0.561. The molecule has 0 spiro atoms. The first-order chi connectivity index (χ1) is 8.00. The minimum absolute atomic E-state index is 0.0359. The van der Waals surface area contributed by atoms with Crippen molar-refractivity contribution in [1.29, 1.82) is 0 Å². The molecular weight excluding hydrogens is 442 g/mol. The number of benzene rings is 1.